The Morgan fingerprint density at radius 1 is 1.19 bits per heavy atom. The number of nitrogens with zero attached hydrogens (tertiary/aromatic N) is 3. The van der Waals surface area contributed by atoms with E-state index in [1.165, 1.54) is 12.1 Å². The molecule has 3 aliphatic rings. The highest BCUT2D eigenvalue weighted by Gasteiger charge is 2.48. The van der Waals surface area contributed by atoms with Gasteiger partial charge in [-0.05, 0) is 24.5 Å². The summed E-state index contributed by atoms with van der Waals surface area (Å²) < 4.78 is 73.8. The van der Waals surface area contributed by atoms with Crippen molar-refractivity contribution in [2.24, 2.45) is 0 Å². The highest BCUT2D eigenvalue weighted by molar-refractivity contribution is 7.93. The molecular formula is C19H29F3N6O3S. The number of sulfonamides is 1. The Morgan fingerprint density at radius 2 is 1.88 bits per heavy atom. The Bertz CT molecular complexity index is 952. The number of alkyl halides is 3. The molecule has 0 bridgehead atoms. The third-order valence-electron chi connectivity index (χ3n) is 6.51. The fraction of sp³-hybridized carbons (Fsp3) is 0.684. The number of hydrogen-bond acceptors (Lipinski definition) is 8. The fourth-order valence-electron chi connectivity index (χ4n) is 4.76. The summed E-state index contributed by atoms with van der Waals surface area (Å²) in [6.07, 6.45) is -4.15. The summed E-state index contributed by atoms with van der Waals surface area (Å²) in [5.41, 5.74) is 7.69. The Labute approximate surface area is 185 Å². The van der Waals surface area contributed by atoms with Crippen LogP contribution in [0, 0.1) is 0 Å². The molecule has 0 spiro atoms. The number of ether oxygens (including phenoxy) is 1. The van der Waals surface area contributed by atoms with Crippen molar-refractivity contribution in [3.8, 4) is 5.75 Å². The van der Waals surface area contributed by atoms with Crippen LogP contribution in [0.3, 0.4) is 0 Å². The molecule has 4 rings (SSSR count). The van der Waals surface area contributed by atoms with Gasteiger partial charge in [0.2, 0.25) is 10.0 Å². The Balaban J connectivity index is 1.44. The number of hydrogen-bond donors (Lipinski definition) is 3. The van der Waals surface area contributed by atoms with Crippen LogP contribution in [0.15, 0.2) is 12.1 Å². The van der Waals surface area contributed by atoms with Crippen LogP contribution in [0.2, 0.25) is 0 Å². The molecule has 1 aromatic carbocycles. The van der Waals surface area contributed by atoms with E-state index in [1.54, 1.807) is 18.1 Å². The smallest absolute Gasteiger partial charge is 0.405 e. The van der Waals surface area contributed by atoms with Crippen LogP contribution in [0.4, 0.5) is 24.5 Å². The number of methoxy groups -OCH3 is 1. The van der Waals surface area contributed by atoms with Gasteiger partial charge in [-0.2, -0.15) is 13.2 Å². The van der Waals surface area contributed by atoms with E-state index in [0.717, 1.165) is 11.3 Å². The van der Waals surface area contributed by atoms with Gasteiger partial charge in [0.15, 0.2) is 0 Å². The average Bonchev–Trinajstić information content (AvgIpc) is 3.31. The first-order chi connectivity index (χ1) is 15.0. The Kier molecular flexibility index (Phi) is 6.22. The second-order valence-electron chi connectivity index (χ2n) is 8.48. The van der Waals surface area contributed by atoms with Gasteiger partial charge in [-0.1, -0.05) is 6.07 Å². The summed E-state index contributed by atoms with van der Waals surface area (Å²) in [5, 5.41) is 2.60. The molecule has 1 aromatic rings. The number of piperidine rings is 1. The molecule has 13 heteroatoms. The van der Waals surface area contributed by atoms with Crippen molar-refractivity contribution in [1.82, 2.24) is 20.8 Å². The van der Waals surface area contributed by atoms with E-state index in [-0.39, 0.29) is 6.42 Å². The van der Waals surface area contributed by atoms with Crippen molar-refractivity contribution in [1.29, 1.82) is 0 Å². The lowest BCUT2D eigenvalue weighted by molar-refractivity contribution is -0.156. The minimum Gasteiger partial charge on any atom is -0.494 e. The van der Waals surface area contributed by atoms with Crippen LogP contribution in [-0.2, 0) is 16.6 Å². The van der Waals surface area contributed by atoms with Gasteiger partial charge < -0.3 is 9.75 Å². The number of halogens is 3. The lowest BCUT2D eigenvalue weighted by Crippen LogP contribution is -2.51. The third-order valence-corrected chi connectivity index (χ3v) is 8.35. The maximum absolute atomic E-state index is 13.2. The number of anilines is 2. The number of hydrazine groups is 2. The van der Waals surface area contributed by atoms with Crippen LogP contribution in [0.25, 0.3) is 0 Å². The molecule has 3 heterocycles. The minimum atomic E-state index is -4.31. The Morgan fingerprint density at radius 3 is 2.47 bits per heavy atom. The van der Waals surface area contributed by atoms with E-state index in [4.69, 9.17) is 4.74 Å². The minimum absolute atomic E-state index is 0.0810. The van der Waals surface area contributed by atoms with Gasteiger partial charge in [0.05, 0.1) is 24.2 Å². The number of likely N-dealkylation sites (tertiary alicyclic amines) is 1. The summed E-state index contributed by atoms with van der Waals surface area (Å²) in [6, 6.07) is 2.04. The van der Waals surface area contributed by atoms with Crippen molar-refractivity contribution in [3.63, 3.8) is 0 Å². The van der Waals surface area contributed by atoms with Crippen LogP contribution in [-0.4, -0.2) is 76.3 Å². The first-order valence-electron chi connectivity index (χ1n) is 10.5. The molecule has 0 saturated carbocycles. The van der Waals surface area contributed by atoms with E-state index in [0.29, 0.717) is 43.9 Å². The van der Waals surface area contributed by atoms with Gasteiger partial charge in [-0.15, -0.1) is 0 Å². The van der Waals surface area contributed by atoms with Crippen molar-refractivity contribution in [2.45, 2.75) is 49.4 Å². The zero-order valence-electron chi connectivity index (χ0n) is 18.2. The topological polar surface area (TPSA) is 89.2 Å². The predicted molar refractivity (Wildman–Crippen MR) is 115 cm³/mol. The molecule has 2 atom stereocenters. The maximum Gasteiger partial charge on any atom is 0.405 e. The molecule has 2 saturated heterocycles. The molecule has 0 aromatic heterocycles. The van der Waals surface area contributed by atoms with Crippen molar-refractivity contribution >= 4 is 21.4 Å². The predicted octanol–water partition coefficient (Wildman–Crippen LogP) is 1.45. The van der Waals surface area contributed by atoms with E-state index < -0.39 is 33.7 Å². The van der Waals surface area contributed by atoms with Gasteiger partial charge in [0.25, 0.3) is 0 Å². The van der Waals surface area contributed by atoms with Crippen LogP contribution in [0.1, 0.15) is 24.8 Å². The number of rotatable bonds is 5. The average molecular weight is 479 g/mol. The number of benzene rings is 1. The van der Waals surface area contributed by atoms with E-state index >= 15 is 0 Å². The fourth-order valence-corrected chi connectivity index (χ4v) is 6.24. The van der Waals surface area contributed by atoms with Crippen molar-refractivity contribution < 1.29 is 26.3 Å². The first-order valence-corrected chi connectivity index (χ1v) is 12.0. The van der Waals surface area contributed by atoms with Crippen LogP contribution < -0.4 is 25.3 Å². The summed E-state index contributed by atoms with van der Waals surface area (Å²) in [7, 11) is 1.16. The first kappa shape index (κ1) is 23.4. The van der Waals surface area contributed by atoms with Gasteiger partial charge in [-0.25, -0.2) is 24.3 Å². The van der Waals surface area contributed by atoms with Gasteiger partial charge in [0, 0.05) is 40.2 Å². The summed E-state index contributed by atoms with van der Waals surface area (Å²) >= 11 is 0. The quantitative estimate of drug-likeness (QED) is 0.586. The van der Waals surface area contributed by atoms with Crippen LogP contribution >= 0.6 is 0 Å². The SMILES string of the molecule is COc1ccc2c(c1NS(=O)(=O)C1CCN(C3CC(C(F)(F)F)NN3C)CC1)N(C)NC2. The molecule has 3 aliphatic heterocycles. The second kappa shape index (κ2) is 8.52. The van der Waals surface area contributed by atoms with Crippen molar-refractivity contribution in [3.05, 3.63) is 17.7 Å². The van der Waals surface area contributed by atoms with E-state index in [1.807, 2.05) is 18.0 Å². The van der Waals surface area contributed by atoms with E-state index in [9.17, 15) is 21.6 Å². The summed E-state index contributed by atoms with van der Waals surface area (Å²) in [4.78, 5) is 1.92. The second-order valence-corrected chi connectivity index (χ2v) is 10.4. The molecule has 0 radical (unpaired) electrons. The molecular weight excluding hydrogens is 449 g/mol. The molecule has 9 nitrogen and oxygen atoms in total. The van der Waals surface area contributed by atoms with E-state index in [2.05, 4.69) is 15.6 Å². The molecule has 2 unspecified atom stereocenters. The zero-order valence-corrected chi connectivity index (χ0v) is 19.1. The molecule has 2 fully saturated rings. The van der Waals surface area contributed by atoms with Gasteiger partial charge in [0.1, 0.15) is 17.5 Å². The normalized spacial score (nSPS) is 25.9. The lowest BCUT2D eigenvalue weighted by atomic mass is 10.1. The highest BCUT2D eigenvalue weighted by Crippen LogP contribution is 2.41. The van der Waals surface area contributed by atoms with Crippen molar-refractivity contribution in [2.75, 3.05) is 44.0 Å². The number of nitrogens with one attached hydrogen (secondary N) is 3. The number of fused-ring (bicyclic) bond motifs is 1. The molecule has 0 amide bonds. The molecule has 3 N–H and O–H groups in total. The third kappa shape index (κ3) is 4.36. The molecule has 0 aliphatic carbocycles. The largest absolute Gasteiger partial charge is 0.494 e. The molecule has 180 valence electrons. The standard InChI is InChI=1S/C19H29F3N6O3S/c1-26-16(10-15(24-26)19(20,21)22)28-8-6-13(7-9-28)32(29,30)25-17-14(31-3)5-4-12-11-23-27(2)18(12)17/h4-5,13,15-16,23-25H,6-11H2,1-3H3. The van der Waals surface area contributed by atoms with Gasteiger partial charge >= 0.3 is 6.18 Å². The van der Waals surface area contributed by atoms with Gasteiger partial charge in [-0.3, -0.25) is 9.62 Å². The monoisotopic (exact) mass is 478 g/mol. The van der Waals surface area contributed by atoms with Crippen LogP contribution in [0.5, 0.6) is 5.75 Å². The summed E-state index contributed by atoms with van der Waals surface area (Å²) in [6.45, 7) is 1.39. The summed E-state index contributed by atoms with van der Waals surface area (Å²) in [5.74, 6) is 0.428. The lowest BCUT2D eigenvalue weighted by Gasteiger charge is -2.38. The highest BCUT2D eigenvalue weighted by atomic mass is 32.2. The maximum atomic E-state index is 13.2. The Hall–Kier alpha value is -1.80. The zero-order chi connectivity index (χ0) is 23.3. The molecule has 32 heavy (non-hydrogen) atoms.